The highest BCUT2D eigenvalue weighted by Crippen LogP contribution is 2.26. The van der Waals surface area contributed by atoms with Gasteiger partial charge in [0.05, 0.1) is 18.3 Å². The van der Waals surface area contributed by atoms with E-state index in [1.165, 1.54) is 6.20 Å². The van der Waals surface area contributed by atoms with E-state index < -0.39 is 17.9 Å². The first-order valence-electron chi connectivity index (χ1n) is 7.88. The molecule has 2 N–H and O–H groups in total. The van der Waals surface area contributed by atoms with Crippen LogP contribution in [0.15, 0.2) is 36.5 Å². The summed E-state index contributed by atoms with van der Waals surface area (Å²) in [5.74, 6) is -0.902. The second kappa shape index (κ2) is 8.48. The number of nitrogens with one attached hydrogen (secondary N) is 2. The van der Waals surface area contributed by atoms with Crippen molar-refractivity contribution >= 4 is 29.1 Å². The van der Waals surface area contributed by atoms with Crippen LogP contribution in [0, 0.1) is 6.92 Å². The van der Waals surface area contributed by atoms with Crippen molar-refractivity contribution in [3.05, 3.63) is 52.8 Å². The summed E-state index contributed by atoms with van der Waals surface area (Å²) >= 11 is 5.87. The quantitative estimate of drug-likeness (QED) is 0.632. The Balaban J connectivity index is 2.08. The normalized spacial score (nSPS) is 11.5. The van der Waals surface area contributed by atoms with Crippen LogP contribution in [-0.4, -0.2) is 23.4 Å². The Kier molecular flexibility index (Phi) is 6.36. The molecule has 1 heterocycles. The molecule has 1 aromatic carbocycles. The maximum absolute atomic E-state index is 12.2. The van der Waals surface area contributed by atoms with E-state index in [0.29, 0.717) is 12.4 Å². The molecule has 0 saturated heterocycles. The van der Waals surface area contributed by atoms with Crippen LogP contribution in [0.4, 0.5) is 5.69 Å². The Labute approximate surface area is 151 Å². The third kappa shape index (κ3) is 4.93. The van der Waals surface area contributed by atoms with E-state index in [2.05, 4.69) is 15.6 Å². The van der Waals surface area contributed by atoms with Crippen molar-refractivity contribution in [2.45, 2.75) is 26.8 Å². The fraction of sp³-hybridized carbons (Fsp3) is 0.278. The maximum Gasteiger partial charge on any atom is 0.313 e. The van der Waals surface area contributed by atoms with Crippen molar-refractivity contribution in [1.29, 1.82) is 0 Å². The average molecular weight is 362 g/mol. The van der Waals surface area contributed by atoms with Gasteiger partial charge in [0.25, 0.3) is 0 Å². The molecule has 7 heteroatoms. The van der Waals surface area contributed by atoms with Crippen LogP contribution >= 0.6 is 11.6 Å². The number of ether oxygens (including phenoxy) is 1. The molecule has 2 rings (SSSR count). The summed E-state index contributed by atoms with van der Waals surface area (Å²) in [5, 5.41) is 5.23. The average Bonchev–Trinajstić information content (AvgIpc) is 2.58. The number of pyridine rings is 1. The summed E-state index contributed by atoms with van der Waals surface area (Å²) in [4.78, 5) is 28.1. The lowest BCUT2D eigenvalue weighted by molar-refractivity contribution is -0.136. The zero-order valence-corrected chi connectivity index (χ0v) is 15.1. The lowest BCUT2D eigenvalue weighted by Gasteiger charge is -2.18. The Morgan fingerprint density at radius 1 is 1.28 bits per heavy atom. The molecule has 0 radical (unpaired) electrons. The van der Waals surface area contributed by atoms with E-state index >= 15 is 0 Å². The molecule has 2 amide bonds. The second-order valence-corrected chi connectivity index (χ2v) is 5.82. The van der Waals surface area contributed by atoms with Crippen molar-refractivity contribution in [2.24, 2.45) is 0 Å². The third-order valence-electron chi connectivity index (χ3n) is 3.49. The van der Waals surface area contributed by atoms with Crippen LogP contribution in [0.3, 0.4) is 0 Å². The van der Waals surface area contributed by atoms with E-state index in [0.717, 1.165) is 11.1 Å². The number of hydrogen-bond acceptors (Lipinski definition) is 4. The molecule has 2 aromatic rings. The van der Waals surface area contributed by atoms with Gasteiger partial charge in [0, 0.05) is 11.8 Å². The number of halogens is 1. The molecule has 0 fully saturated rings. The van der Waals surface area contributed by atoms with Crippen LogP contribution in [0.1, 0.15) is 31.0 Å². The molecule has 0 aliphatic carbocycles. The molecule has 6 nitrogen and oxygen atoms in total. The van der Waals surface area contributed by atoms with Crippen molar-refractivity contribution < 1.29 is 14.3 Å². The molecule has 0 saturated carbocycles. The van der Waals surface area contributed by atoms with E-state index in [1.807, 2.05) is 32.0 Å². The molecule has 0 bridgehead atoms. The number of rotatable bonds is 5. The Morgan fingerprint density at radius 3 is 2.72 bits per heavy atom. The van der Waals surface area contributed by atoms with Gasteiger partial charge < -0.3 is 15.4 Å². The van der Waals surface area contributed by atoms with Gasteiger partial charge >= 0.3 is 11.8 Å². The number of aryl methyl sites for hydroxylation is 1. The van der Waals surface area contributed by atoms with Gasteiger partial charge in [-0.15, -0.1) is 0 Å². The molecule has 1 atom stereocenters. The van der Waals surface area contributed by atoms with E-state index in [9.17, 15) is 9.59 Å². The summed E-state index contributed by atoms with van der Waals surface area (Å²) in [6.07, 6.45) is 1.49. The Hall–Kier alpha value is -2.60. The topological polar surface area (TPSA) is 80.3 Å². The minimum Gasteiger partial charge on any atom is -0.494 e. The summed E-state index contributed by atoms with van der Waals surface area (Å²) in [6, 6.07) is 8.49. The van der Waals surface area contributed by atoms with Crippen molar-refractivity contribution in [3.63, 3.8) is 0 Å². The summed E-state index contributed by atoms with van der Waals surface area (Å²) in [5.41, 5.74) is 2.12. The Bertz CT molecular complexity index is 780. The largest absolute Gasteiger partial charge is 0.494 e. The van der Waals surface area contributed by atoms with Crippen LogP contribution in [-0.2, 0) is 9.59 Å². The van der Waals surface area contributed by atoms with Gasteiger partial charge in [-0.2, -0.15) is 0 Å². The standard InChI is InChI=1S/C18H20ClN3O3/c1-4-25-15-8-7-11(2)10-13(15)12(3)21-17(23)18(24)22-14-6-5-9-20-16(14)19/h5-10,12H,4H2,1-3H3,(H,21,23)(H,22,24). The zero-order valence-electron chi connectivity index (χ0n) is 14.3. The molecule has 25 heavy (non-hydrogen) atoms. The van der Waals surface area contributed by atoms with Gasteiger partial charge in [0.15, 0.2) is 5.15 Å². The van der Waals surface area contributed by atoms with Crippen LogP contribution in [0.2, 0.25) is 5.15 Å². The van der Waals surface area contributed by atoms with Gasteiger partial charge in [-0.05, 0) is 39.0 Å². The van der Waals surface area contributed by atoms with Crippen molar-refractivity contribution in [3.8, 4) is 5.75 Å². The van der Waals surface area contributed by atoms with Gasteiger partial charge in [-0.25, -0.2) is 4.98 Å². The van der Waals surface area contributed by atoms with E-state index in [-0.39, 0.29) is 10.8 Å². The number of carbonyl (C=O) groups is 2. The van der Waals surface area contributed by atoms with Gasteiger partial charge in [0.1, 0.15) is 5.75 Å². The minimum absolute atomic E-state index is 0.119. The minimum atomic E-state index is -0.813. The monoisotopic (exact) mass is 361 g/mol. The molecule has 1 aromatic heterocycles. The maximum atomic E-state index is 12.2. The number of nitrogens with zero attached hydrogens (tertiary/aromatic N) is 1. The number of amides is 2. The van der Waals surface area contributed by atoms with Crippen LogP contribution in [0.5, 0.6) is 5.75 Å². The van der Waals surface area contributed by atoms with Gasteiger partial charge in [-0.1, -0.05) is 29.3 Å². The molecular weight excluding hydrogens is 342 g/mol. The summed E-state index contributed by atoms with van der Waals surface area (Å²) < 4.78 is 5.59. The van der Waals surface area contributed by atoms with E-state index in [1.54, 1.807) is 19.1 Å². The number of anilines is 1. The van der Waals surface area contributed by atoms with E-state index in [4.69, 9.17) is 16.3 Å². The molecule has 0 aliphatic heterocycles. The highest BCUT2D eigenvalue weighted by Gasteiger charge is 2.20. The predicted molar refractivity (Wildman–Crippen MR) is 96.8 cm³/mol. The first-order chi connectivity index (χ1) is 11.9. The first-order valence-corrected chi connectivity index (χ1v) is 8.25. The third-order valence-corrected chi connectivity index (χ3v) is 3.79. The molecule has 132 valence electrons. The number of hydrogen-bond donors (Lipinski definition) is 2. The predicted octanol–water partition coefficient (Wildman–Crippen LogP) is 3.26. The molecule has 0 spiro atoms. The van der Waals surface area contributed by atoms with Crippen molar-refractivity contribution in [1.82, 2.24) is 10.3 Å². The van der Waals surface area contributed by atoms with Crippen LogP contribution < -0.4 is 15.4 Å². The van der Waals surface area contributed by atoms with Gasteiger partial charge in [0.2, 0.25) is 0 Å². The first kappa shape index (κ1) is 18.7. The molecule has 0 aliphatic rings. The lowest BCUT2D eigenvalue weighted by atomic mass is 10.0. The zero-order chi connectivity index (χ0) is 18.4. The smallest absolute Gasteiger partial charge is 0.313 e. The van der Waals surface area contributed by atoms with Crippen molar-refractivity contribution in [2.75, 3.05) is 11.9 Å². The van der Waals surface area contributed by atoms with Crippen LogP contribution in [0.25, 0.3) is 0 Å². The SMILES string of the molecule is CCOc1ccc(C)cc1C(C)NC(=O)C(=O)Nc1cccnc1Cl. The number of carbonyl (C=O) groups excluding carboxylic acids is 2. The fourth-order valence-electron chi connectivity index (χ4n) is 2.29. The number of benzene rings is 1. The number of aromatic nitrogens is 1. The highest BCUT2D eigenvalue weighted by molar-refractivity contribution is 6.41. The molecular formula is C18H20ClN3O3. The fourth-order valence-corrected chi connectivity index (χ4v) is 2.46. The lowest BCUT2D eigenvalue weighted by Crippen LogP contribution is -2.37. The summed E-state index contributed by atoms with van der Waals surface area (Å²) in [6.45, 7) is 6.14. The Morgan fingerprint density at radius 2 is 2.04 bits per heavy atom. The second-order valence-electron chi connectivity index (χ2n) is 5.47. The van der Waals surface area contributed by atoms with Gasteiger partial charge in [-0.3, -0.25) is 9.59 Å². The summed E-state index contributed by atoms with van der Waals surface area (Å²) in [7, 11) is 0. The molecule has 1 unspecified atom stereocenters. The highest BCUT2D eigenvalue weighted by atomic mass is 35.5.